The van der Waals surface area contributed by atoms with Crippen LogP contribution in [0.3, 0.4) is 0 Å². The van der Waals surface area contributed by atoms with E-state index in [0.717, 1.165) is 5.56 Å². The number of urea groups is 1. The Balaban J connectivity index is 1.73. The zero-order valence-electron chi connectivity index (χ0n) is 12.8. The highest BCUT2D eigenvalue weighted by molar-refractivity contribution is 7.13. The standard InChI is InChI=1S/C17H17N3O3S/c21-14(15-7-4-9-23-15)12-20(11-13-5-2-1-3-6-13)17(22)19-16-18-8-10-24-16/h1-10,14,21H,11-12H2,(H,18,19,22). The minimum absolute atomic E-state index is 0.111. The number of hydrogen-bond acceptors (Lipinski definition) is 5. The third kappa shape index (κ3) is 4.21. The normalized spacial score (nSPS) is 11.9. The van der Waals surface area contributed by atoms with E-state index in [1.807, 2.05) is 30.3 Å². The molecule has 0 aliphatic heterocycles. The number of benzene rings is 1. The van der Waals surface area contributed by atoms with Gasteiger partial charge >= 0.3 is 6.03 Å². The SMILES string of the molecule is O=C(Nc1nccs1)N(Cc1ccccc1)CC(O)c1ccco1. The zero-order valence-corrected chi connectivity index (χ0v) is 13.6. The number of carbonyl (C=O) groups is 1. The predicted octanol–water partition coefficient (Wildman–Crippen LogP) is 3.50. The van der Waals surface area contributed by atoms with E-state index in [9.17, 15) is 9.90 Å². The molecule has 0 fully saturated rings. The zero-order chi connectivity index (χ0) is 16.8. The van der Waals surface area contributed by atoms with E-state index in [-0.39, 0.29) is 12.6 Å². The van der Waals surface area contributed by atoms with Gasteiger partial charge in [0.2, 0.25) is 0 Å². The lowest BCUT2D eigenvalue weighted by Gasteiger charge is -2.24. The Kier molecular flexibility index (Phi) is 5.25. The quantitative estimate of drug-likeness (QED) is 0.718. The number of rotatable bonds is 6. The van der Waals surface area contributed by atoms with Crippen LogP contribution in [0.1, 0.15) is 17.4 Å². The first-order valence-corrected chi connectivity index (χ1v) is 8.31. The number of amides is 2. The minimum atomic E-state index is -0.897. The molecule has 0 saturated carbocycles. The molecule has 2 amide bonds. The number of nitrogens with zero attached hydrogens (tertiary/aromatic N) is 2. The maximum atomic E-state index is 12.6. The number of aliphatic hydroxyl groups is 1. The lowest BCUT2D eigenvalue weighted by molar-refractivity contribution is 0.105. The van der Waals surface area contributed by atoms with Crippen LogP contribution in [-0.2, 0) is 6.54 Å². The van der Waals surface area contributed by atoms with Gasteiger partial charge in [0.25, 0.3) is 0 Å². The molecular weight excluding hydrogens is 326 g/mol. The second kappa shape index (κ2) is 7.76. The number of aliphatic hydroxyl groups excluding tert-OH is 1. The highest BCUT2D eigenvalue weighted by Crippen LogP contribution is 2.18. The van der Waals surface area contributed by atoms with Crippen LogP contribution in [0.4, 0.5) is 9.93 Å². The van der Waals surface area contributed by atoms with Crippen molar-refractivity contribution < 1.29 is 14.3 Å². The van der Waals surface area contributed by atoms with Crippen molar-refractivity contribution in [1.82, 2.24) is 9.88 Å². The van der Waals surface area contributed by atoms with Crippen molar-refractivity contribution in [3.63, 3.8) is 0 Å². The largest absolute Gasteiger partial charge is 0.467 e. The molecule has 0 bridgehead atoms. The summed E-state index contributed by atoms with van der Waals surface area (Å²) in [4.78, 5) is 18.1. The molecule has 24 heavy (non-hydrogen) atoms. The van der Waals surface area contributed by atoms with Crippen LogP contribution in [0.5, 0.6) is 0 Å². The van der Waals surface area contributed by atoms with E-state index in [2.05, 4.69) is 10.3 Å². The van der Waals surface area contributed by atoms with Crippen molar-refractivity contribution in [2.24, 2.45) is 0 Å². The summed E-state index contributed by atoms with van der Waals surface area (Å²) < 4.78 is 5.21. The average molecular weight is 343 g/mol. The van der Waals surface area contributed by atoms with E-state index < -0.39 is 6.10 Å². The number of anilines is 1. The summed E-state index contributed by atoms with van der Waals surface area (Å²) in [6.45, 7) is 0.482. The van der Waals surface area contributed by atoms with Crippen LogP contribution in [0.2, 0.25) is 0 Å². The molecule has 0 radical (unpaired) electrons. The Bertz CT molecular complexity index is 745. The predicted molar refractivity (Wildman–Crippen MR) is 91.7 cm³/mol. The summed E-state index contributed by atoms with van der Waals surface area (Å²) in [5.41, 5.74) is 0.971. The van der Waals surface area contributed by atoms with Gasteiger partial charge in [0.1, 0.15) is 11.9 Å². The van der Waals surface area contributed by atoms with Gasteiger partial charge in [-0.3, -0.25) is 5.32 Å². The van der Waals surface area contributed by atoms with Crippen molar-refractivity contribution in [3.05, 3.63) is 71.6 Å². The number of thiazole rings is 1. The van der Waals surface area contributed by atoms with Crippen LogP contribution < -0.4 is 5.32 Å². The van der Waals surface area contributed by atoms with Crippen molar-refractivity contribution in [1.29, 1.82) is 0 Å². The van der Waals surface area contributed by atoms with Crippen LogP contribution in [-0.4, -0.2) is 27.6 Å². The molecule has 2 N–H and O–H groups in total. The first kappa shape index (κ1) is 16.2. The topological polar surface area (TPSA) is 78.6 Å². The van der Waals surface area contributed by atoms with Gasteiger partial charge in [-0.25, -0.2) is 9.78 Å². The minimum Gasteiger partial charge on any atom is -0.467 e. The van der Waals surface area contributed by atoms with Crippen LogP contribution in [0, 0.1) is 0 Å². The molecule has 0 aliphatic carbocycles. The van der Waals surface area contributed by atoms with E-state index >= 15 is 0 Å². The average Bonchev–Trinajstić information content (AvgIpc) is 3.29. The summed E-state index contributed by atoms with van der Waals surface area (Å²) in [7, 11) is 0. The Morgan fingerprint density at radius 1 is 1.29 bits per heavy atom. The van der Waals surface area contributed by atoms with E-state index in [0.29, 0.717) is 17.4 Å². The van der Waals surface area contributed by atoms with Crippen molar-refractivity contribution in [2.45, 2.75) is 12.6 Å². The Morgan fingerprint density at radius 3 is 2.79 bits per heavy atom. The molecule has 3 rings (SSSR count). The molecule has 2 aromatic heterocycles. The van der Waals surface area contributed by atoms with Gasteiger partial charge in [-0.2, -0.15) is 0 Å². The highest BCUT2D eigenvalue weighted by atomic mass is 32.1. The molecule has 124 valence electrons. The fraction of sp³-hybridized carbons (Fsp3) is 0.176. The molecule has 7 heteroatoms. The summed E-state index contributed by atoms with van der Waals surface area (Å²) in [5.74, 6) is 0.426. The molecule has 1 aromatic carbocycles. The number of nitrogens with one attached hydrogen (secondary N) is 1. The van der Waals surface area contributed by atoms with Gasteiger partial charge in [-0.1, -0.05) is 30.3 Å². The van der Waals surface area contributed by atoms with Gasteiger partial charge in [0.05, 0.1) is 12.8 Å². The van der Waals surface area contributed by atoms with Gasteiger partial charge in [0, 0.05) is 18.1 Å². The first-order valence-electron chi connectivity index (χ1n) is 7.43. The van der Waals surface area contributed by atoms with Crippen LogP contribution in [0.25, 0.3) is 0 Å². The molecule has 0 spiro atoms. The summed E-state index contributed by atoms with van der Waals surface area (Å²) >= 11 is 1.34. The lowest BCUT2D eigenvalue weighted by Crippen LogP contribution is -2.37. The Labute approximate surface area is 143 Å². The second-order valence-electron chi connectivity index (χ2n) is 5.16. The second-order valence-corrected chi connectivity index (χ2v) is 6.06. The van der Waals surface area contributed by atoms with Crippen molar-refractivity contribution in [3.8, 4) is 0 Å². The summed E-state index contributed by atoms with van der Waals surface area (Å²) in [6.07, 6.45) is 2.22. The van der Waals surface area contributed by atoms with Crippen LogP contribution in [0.15, 0.2) is 64.7 Å². The molecule has 1 atom stereocenters. The van der Waals surface area contributed by atoms with E-state index in [4.69, 9.17) is 4.42 Å². The summed E-state index contributed by atoms with van der Waals surface area (Å²) in [6, 6.07) is 12.7. The number of carbonyl (C=O) groups excluding carboxylic acids is 1. The fourth-order valence-corrected chi connectivity index (χ4v) is 2.78. The van der Waals surface area contributed by atoms with Crippen LogP contribution >= 0.6 is 11.3 Å². The molecule has 1 unspecified atom stereocenters. The lowest BCUT2D eigenvalue weighted by atomic mass is 10.2. The fourth-order valence-electron chi connectivity index (χ4n) is 2.26. The molecule has 0 saturated heterocycles. The molecule has 0 aliphatic rings. The smallest absolute Gasteiger partial charge is 0.324 e. The monoisotopic (exact) mass is 343 g/mol. The third-order valence-electron chi connectivity index (χ3n) is 3.41. The molecular formula is C17H17N3O3S. The number of aromatic nitrogens is 1. The number of hydrogen-bond donors (Lipinski definition) is 2. The van der Waals surface area contributed by atoms with Gasteiger partial charge in [-0.15, -0.1) is 11.3 Å². The Hall–Kier alpha value is -2.64. The highest BCUT2D eigenvalue weighted by Gasteiger charge is 2.21. The third-order valence-corrected chi connectivity index (χ3v) is 4.10. The van der Waals surface area contributed by atoms with Crippen molar-refractivity contribution in [2.75, 3.05) is 11.9 Å². The Morgan fingerprint density at radius 2 is 2.12 bits per heavy atom. The maximum Gasteiger partial charge on any atom is 0.324 e. The van der Waals surface area contributed by atoms with E-state index in [1.165, 1.54) is 22.5 Å². The maximum absolute atomic E-state index is 12.6. The molecule has 2 heterocycles. The molecule has 3 aromatic rings. The van der Waals surface area contributed by atoms with Gasteiger partial charge < -0.3 is 14.4 Å². The van der Waals surface area contributed by atoms with Gasteiger partial charge in [-0.05, 0) is 17.7 Å². The summed E-state index contributed by atoms with van der Waals surface area (Å²) in [5, 5.41) is 15.4. The van der Waals surface area contributed by atoms with Crippen molar-refractivity contribution >= 4 is 22.5 Å². The van der Waals surface area contributed by atoms with E-state index in [1.54, 1.807) is 23.7 Å². The molecule has 6 nitrogen and oxygen atoms in total. The first-order chi connectivity index (χ1) is 11.7. The van der Waals surface area contributed by atoms with Gasteiger partial charge in [0.15, 0.2) is 5.13 Å². The number of furan rings is 1.